The number of hydrogen-bond acceptors (Lipinski definition) is 7. The smallest absolute Gasteiger partial charge is 0.341 e. The van der Waals surface area contributed by atoms with Crippen LogP contribution in [0.1, 0.15) is 20.7 Å². The Kier molecular flexibility index (Phi) is 3.59. The zero-order valence-corrected chi connectivity index (χ0v) is 12.0. The molecule has 3 aromatic rings. The number of fused-ring (bicyclic) bond motifs is 1. The lowest BCUT2D eigenvalue weighted by atomic mass is 10.2. The Morgan fingerprint density at radius 2 is 2.22 bits per heavy atom. The van der Waals surface area contributed by atoms with E-state index in [2.05, 4.69) is 30.2 Å². The molecular weight excluding hydrogens is 300 g/mol. The fourth-order valence-corrected chi connectivity index (χ4v) is 2.01. The summed E-state index contributed by atoms with van der Waals surface area (Å²) in [6.07, 6.45) is 3.00. The van der Waals surface area contributed by atoms with Crippen LogP contribution in [-0.4, -0.2) is 39.2 Å². The minimum absolute atomic E-state index is 0.0122. The van der Waals surface area contributed by atoms with Gasteiger partial charge < -0.3 is 15.8 Å². The van der Waals surface area contributed by atoms with Gasteiger partial charge in [0, 0.05) is 12.4 Å². The predicted molar refractivity (Wildman–Crippen MR) is 81.8 cm³/mol. The van der Waals surface area contributed by atoms with Crippen LogP contribution in [0.3, 0.4) is 0 Å². The Bertz CT molecular complexity index is 890. The standard InChI is InChI=1S/C14H12N6O3/c1-23-14(22)8-5-9-11(17-10(8)15)19-20-12(9)18-13(21)7-3-2-4-16-6-7/h2-6H,1H3,(H4,15,17,18,19,20,21). The first-order chi connectivity index (χ1) is 11.1. The molecule has 3 aromatic heterocycles. The normalized spacial score (nSPS) is 10.5. The number of ether oxygens (including phenoxy) is 1. The van der Waals surface area contributed by atoms with Gasteiger partial charge in [-0.1, -0.05) is 0 Å². The van der Waals surface area contributed by atoms with E-state index < -0.39 is 5.97 Å². The quantitative estimate of drug-likeness (QED) is 0.613. The van der Waals surface area contributed by atoms with Gasteiger partial charge in [-0.25, -0.2) is 9.78 Å². The molecular formula is C14H12N6O3. The number of aromatic nitrogens is 4. The van der Waals surface area contributed by atoms with Crippen molar-refractivity contribution in [3.8, 4) is 0 Å². The van der Waals surface area contributed by atoms with Gasteiger partial charge in [0.2, 0.25) is 0 Å². The molecule has 4 N–H and O–H groups in total. The molecule has 23 heavy (non-hydrogen) atoms. The van der Waals surface area contributed by atoms with Gasteiger partial charge in [-0.2, -0.15) is 5.10 Å². The summed E-state index contributed by atoms with van der Waals surface area (Å²) >= 11 is 0. The lowest BCUT2D eigenvalue weighted by Gasteiger charge is -2.04. The third kappa shape index (κ3) is 2.67. The maximum Gasteiger partial charge on any atom is 0.341 e. The molecule has 0 radical (unpaired) electrons. The zero-order valence-electron chi connectivity index (χ0n) is 12.0. The molecule has 0 saturated heterocycles. The summed E-state index contributed by atoms with van der Waals surface area (Å²) in [5, 5.41) is 9.70. The number of carbonyl (C=O) groups is 2. The topological polar surface area (TPSA) is 136 Å². The average Bonchev–Trinajstić information content (AvgIpc) is 2.95. The molecule has 9 heteroatoms. The van der Waals surface area contributed by atoms with Gasteiger partial charge >= 0.3 is 5.97 Å². The molecule has 0 aromatic carbocycles. The summed E-state index contributed by atoms with van der Waals surface area (Å²) in [6, 6.07) is 4.73. The number of nitrogens with one attached hydrogen (secondary N) is 2. The van der Waals surface area contributed by atoms with Gasteiger partial charge in [-0.15, -0.1) is 0 Å². The summed E-state index contributed by atoms with van der Waals surface area (Å²) in [4.78, 5) is 31.8. The fraction of sp³-hybridized carbons (Fsp3) is 0.0714. The van der Waals surface area contributed by atoms with Crippen LogP contribution in [0.25, 0.3) is 11.0 Å². The van der Waals surface area contributed by atoms with Gasteiger partial charge in [0.25, 0.3) is 5.91 Å². The van der Waals surface area contributed by atoms with Crippen LogP contribution in [0.2, 0.25) is 0 Å². The van der Waals surface area contributed by atoms with Crippen molar-refractivity contribution < 1.29 is 14.3 Å². The van der Waals surface area contributed by atoms with Crippen molar-refractivity contribution in [1.82, 2.24) is 20.2 Å². The van der Waals surface area contributed by atoms with Crippen LogP contribution in [-0.2, 0) is 4.74 Å². The van der Waals surface area contributed by atoms with Crippen molar-refractivity contribution in [3.05, 3.63) is 41.7 Å². The largest absolute Gasteiger partial charge is 0.465 e. The molecule has 0 aliphatic heterocycles. The summed E-state index contributed by atoms with van der Waals surface area (Å²) in [5.74, 6) is -0.768. The number of esters is 1. The van der Waals surface area contributed by atoms with Gasteiger partial charge in [-0.05, 0) is 18.2 Å². The monoisotopic (exact) mass is 312 g/mol. The van der Waals surface area contributed by atoms with Crippen molar-refractivity contribution in [1.29, 1.82) is 0 Å². The van der Waals surface area contributed by atoms with E-state index in [9.17, 15) is 9.59 Å². The molecule has 3 rings (SSSR count). The summed E-state index contributed by atoms with van der Waals surface area (Å²) in [5.41, 5.74) is 6.52. The molecule has 0 spiro atoms. The molecule has 0 atom stereocenters. The summed E-state index contributed by atoms with van der Waals surface area (Å²) in [7, 11) is 1.24. The number of rotatable bonds is 3. The van der Waals surface area contributed by atoms with Crippen LogP contribution in [0, 0.1) is 0 Å². The molecule has 0 aliphatic rings. The lowest BCUT2D eigenvalue weighted by Crippen LogP contribution is -2.13. The average molecular weight is 312 g/mol. The Hall–Kier alpha value is -3.49. The second kappa shape index (κ2) is 5.72. The molecule has 0 aliphatic carbocycles. The number of H-pyrrole nitrogens is 1. The van der Waals surface area contributed by atoms with Crippen LogP contribution >= 0.6 is 0 Å². The van der Waals surface area contributed by atoms with Crippen molar-refractivity contribution in [3.63, 3.8) is 0 Å². The number of hydrogen-bond donors (Lipinski definition) is 3. The first-order valence-corrected chi connectivity index (χ1v) is 6.54. The third-order valence-corrected chi connectivity index (χ3v) is 3.14. The number of methoxy groups -OCH3 is 1. The molecule has 3 heterocycles. The van der Waals surface area contributed by atoms with Crippen molar-refractivity contribution in [2.24, 2.45) is 0 Å². The molecule has 116 valence electrons. The van der Waals surface area contributed by atoms with Crippen LogP contribution in [0.15, 0.2) is 30.6 Å². The Labute approximate surface area is 129 Å². The number of carbonyl (C=O) groups excluding carboxylic acids is 2. The Balaban J connectivity index is 1.98. The maximum absolute atomic E-state index is 12.2. The van der Waals surface area contributed by atoms with E-state index in [4.69, 9.17) is 5.73 Å². The first-order valence-electron chi connectivity index (χ1n) is 6.54. The van der Waals surface area contributed by atoms with Crippen molar-refractivity contribution in [2.75, 3.05) is 18.2 Å². The van der Waals surface area contributed by atoms with Gasteiger partial charge in [0.05, 0.1) is 18.1 Å². The molecule has 0 fully saturated rings. The summed E-state index contributed by atoms with van der Waals surface area (Å²) < 4.78 is 4.65. The summed E-state index contributed by atoms with van der Waals surface area (Å²) in [6.45, 7) is 0. The number of anilines is 2. The van der Waals surface area contributed by atoms with E-state index in [-0.39, 0.29) is 23.1 Å². The molecule has 0 unspecified atom stereocenters. The molecule has 0 bridgehead atoms. The number of nitrogens with zero attached hydrogens (tertiary/aromatic N) is 3. The highest BCUT2D eigenvalue weighted by Crippen LogP contribution is 2.24. The van der Waals surface area contributed by atoms with E-state index in [1.807, 2.05) is 0 Å². The highest BCUT2D eigenvalue weighted by Gasteiger charge is 2.17. The van der Waals surface area contributed by atoms with Crippen LogP contribution in [0.4, 0.5) is 11.6 Å². The molecule has 1 amide bonds. The number of nitrogen functional groups attached to an aromatic ring is 1. The van der Waals surface area contributed by atoms with Crippen LogP contribution < -0.4 is 11.1 Å². The van der Waals surface area contributed by atoms with E-state index in [0.717, 1.165) is 0 Å². The minimum atomic E-state index is -0.623. The third-order valence-electron chi connectivity index (χ3n) is 3.14. The number of nitrogens with two attached hydrogens (primary N) is 1. The van der Waals surface area contributed by atoms with E-state index in [0.29, 0.717) is 16.6 Å². The molecule has 0 saturated carbocycles. The van der Waals surface area contributed by atoms with Crippen LogP contribution in [0.5, 0.6) is 0 Å². The Morgan fingerprint density at radius 3 is 2.91 bits per heavy atom. The van der Waals surface area contributed by atoms with Crippen molar-refractivity contribution >= 4 is 34.5 Å². The SMILES string of the molecule is COC(=O)c1cc2c(NC(=O)c3cccnc3)n[nH]c2nc1N. The number of amides is 1. The highest BCUT2D eigenvalue weighted by molar-refractivity contribution is 6.08. The zero-order chi connectivity index (χ0) is 16.4. The number of pyridine rings is 2. The second-order valence-corrected chi connectivity index (χ2v) is 4.58. The van der Waals surface area contributed by atoms with Gasteiger partial charge in [0.15, 0.2) is 11.5 Å². The lowest BCUT2D eigenvalue weighted by molar-refractivity contribution is 0.0601. The van der Waals surface area contributed by atoms with E-state index in [1.165, 1.54) is 19.4 Å². The molecule has 9 nitrogen and oxygen atoms in total. The highest BCUT2D eigenvalue weighted by atomic mass is 16.5. The second-order valence-electron chi connectivity index (χ2n) is 4.58. The minimum Gasteiger partial charge on any atom is -0.465 e. The fourth-order valence-electron chi connectivity index (χ4n) is 2.01. The predicted octanol–water partition coefficient (Wildman–Crippen LogP) is 0.974. The van der Waals surface area contributed by atoms with Crippen molar-refractivity contribution in [2.45, 2.75) is 0 Å². The van der Waals surface area contributed by atoms with Gasteiger partial charge in [0.1, 0.15) is 11.4 Å². The van der Waals surface area contributed by atoms with Gasteiger partial charge in [-0.3, -0.25) is 14.9 Å². The Morgan fingerprint density at radius 1 is 1.39 bits per heavy atom. The maximum atomic E-state index is 12.2. The number of aromatic amines is 1. The van der Waals surface area contributed by atoms with E-state index >= 15 is 0 Å². The first kappa shape index (κ1) is 14.4. The van der Waals surface area contributed by atoms with E-state index in [1.54, 1.807) is 18.3 Å².